The molecule has 1 amide bonds. The lowest BCUT2D eigenvalue weighted by Gasteiger charge is -2.18. The smallest absolute Gasteiger partial charge is 0.257 e. The predicted octanol–water partition coefficient (Wildman–Crippen LogP) is 4.38. The summed E-state index contributed by atoms with van der Waals surface area (Å²) in [6, 6.07) is 13.6. The van der Waals surface area contributed by atoms with E-state index in [4.69, 9.17) is 13.9 Å². The predicted molar refractivity (Wildman–Crippen MR) is 108 cm³/mol. The van der Waals surface area contributed by atoms with E-state index in [0.29, 0.717) is 12.3 Å². The summed E-state index contributed by atoms with van der Waals surface area (Å²) in [5.74, 6) is 2.00. The number of amides is 1. The number of ether oxygens (including phenoxy) is 2. The molecule has 0 spiro atoms. The number of carbonyl (C=O) groups is 1. The zero-order chi connectivity index (χ0) is 19.6. The van der Waals surface area contributed by atoms with Gasteiger partial charge in [-0.1, -0.05) is 18.2 Å². The Morgan fingerprint density at radius 2 is 2.14 bits per heavy atom. The van der Waals surface area contributed by atoms with Gasteiger partial charge in [-0.05, 0) is 43.5 Å². The second-order valence-electron chi connectivity index (χ2n) is 7.46. The van der Waals surface area contributed by atoms with Crippen molar-refractivity contribution in [2.24, 2.45) is 0 Å². The second-order valence-corrected chi connectivity index (χ2v) is 8.44. The lowest BCUT2D eigenvalue weighted by atomic mass is 10.0. The van der Waals surface area contributed by atoms with E-state index in [1.54, 1.807) is 17.6 Å². The molecule has 2 aromatic heterocycles. The van der Waals surface area contributed by atoms with Crippen LogP contribution in [0.4, 0.5) is 0 Å². The van der Waals surface area contributed by atoms with Gasteiger partial charge in [0.25, 0.3) is 5.91 Å². The van der Waals surface area contributed by atoms with Gasteiger partial charge in [0.1, 0.15) is 11.4 Å². The van der Waals surface area contributed by atoms with Gasteiger partial charge in [-0.25, -0.2) is 0 Å². The monoisotopic (exact) mass is 397 g/mol. The van der Waals surface area contributed by atoms with E-state index in [9.17, 15) is 4.79 Å². The Hall–Kier alpha value is -2.73. The minimum absolute atomic E-state index is 0.0101. The van der Waals surface area contributed by atoms with Gasteiger partial charge in [-0.15, -0.1) is 11.3 Å². The molecule has 0 fully saturated rings. The second kappa shape index (κ2) is 7.72. The highest BCUT2D eigenvalue weighted by Crippen LogP contribution is 2.41. The van der Waals surface area contributed by atoms with Crippen molar-refractivity contribution in [2.75, 3.05) is 13.2 Å². The van der Waals surface area contributed by atoms with Crippen molar-refractivity contribution in [3.63, 3.8) is 0 Å². The molecular weight excluding hydrogens is 374 g/mol. The molecule has 28 heavy (non-hydrogen) atoms. The molecule has 1 aromatic carbocycles. The van der Waals surface area contributed by atoms with E-state index >= 15 is 0 Å². The molecule has 0 radical (unpaired) electrons. The zero-order valence-corrected chi connectivity index (χ0v) is 16.8. The van der Waals surface area contributed by atoms with E-state index in [1.165, 1.54) is 0 Å². The average Bonchev–Trinajstić information content (AvgIpc) is 3.40. The number of furan rings is 1. The van der Waals surface area contributed by atoms with Crippen LogP contribution in [0.15, 0.2) is 58.5 Å². The summed E-state index contributed by atoms with van der Waals surface area (Å²) in [6.45, 7) is 4.48. The summed E-state index contributed by atoms with van der Waals surface area (Å²) in [7, 11) is 0. The molecule has 146 valence electrons. The SMILES string of the molecule is CC1(C)Cc2cccc(OCC(=O)NC[C@@H](c3ccco3)c3cccs3)c2O1. The van der Waals surface area contributed by atoms with E-state index < -0.39 is 0 Å². The summed E-state index contributed by atoms with van der Waals surface area (Å²) in [4.78, 5) is 13.5. The summed E-state index contributed by atoms with van der Waals surface area (Å²) in [6.07, 6.45) is 2.48. The van der Waals surface area contributed by atoms with Crippen LogP contribution in [0.1, 0.15) is 36.0 Å². The molecule has 6 heteroatoms. The van der Waals surface area contributed by atoms with Crippen molar-refractivity contribution in [3.8, 4) is 11.5 Å². The highest BCUT2D eigenvalue weighted by Gasteiger charge is 2.32. The van der Waals surface area contributed by atoms with E-state index in [1.807, 2.05) is 61.7 Å². The van der Waals surface area contributed by atoms with Crippen LogP contribution < -0.4 is 14.8 Å². The molecule has 0 saturated heterocycles. The molecular formula is C22H23NO4S. The Morgan fingerprint density at radius 1 is 1.25 bits per heavy atom. The first-order chi connectivity index (χ1) is 13.5. The Labute approximate surface area is 168 Å². The van der Waals surface area contributed by atoms with Gasteiger partial charge in [0.05, 0.1) is 12.2 Å². The van der Waals surface area contributed by atoms with Crippen molar-refractivity contribution >= 4 is 17.2 Å². The van der Waals surface area contributed by atoms with Gasteiger partial charge in [-0.3, -0.25) is 4.79 Å². The maximum atomic E-state index is 12.4. The van der Waals surface area contributed by atoms with E-state index in [2.05, 4.69) is 5.32 Å². The minimum Gasteiger partial charge on any atom is -0.483 e. The fourth-order valence-corrected chi connectivity index (χ4v) is 4.27. The maximum Gasteiger partial charge on any atom is 0.257 e. The largest absolute Gasteiger partial charge is 0.483 e. The van der Waals surface area contributed by atoms with Gasteiger partial charge >= 0.3 is 0 Å². The quantitative estimate of drug-likeness (QED) is 0.643. The Kier molecular flexibility index (Phi) is 5.13. The Bertz CT molecular complexity index is 897. The standard InChI is InChI=1S/C22H23NO4S/c1-22(2)12-15-6-3-7-18(21(15)27-22)26-14-20(24)23-13-16(17-8-4-10-25-17)19-9-5-11-28-19/h3-11,16H,12-14H2,1-2H3,(H,23,24)/t16-/m0/s1. The maximum absolute atomic E-state index is 12.4. The molecule has 3 aromatic rings. The third kappa shape index (κ3) is 4.07. The van der Waals surface area contributed by atoms with E-state index in [0.717, 1.165) is 28.4 Å². The summed E-state index contributed by atoms with van der Waals surface area (Å²) < 4.78 is 17.3. The summed E-state index contributed by atoms with van der Waals surface area (Å²) in [5.41, 5.74) is 0.861. The summed E-state index contributed by atoms with van der Waals surface area (Å²) in [5, 5.41) is 4.98. The number of hydrogen-bond acceptors (Lipinski definition) is 5. The summed E-state index contributed by atoms with van der Waals surface area (Å²) >= 11 is 1.65. The number of benzene rings is 1. The van der Waals surface area contributed by atoms with Gasteiger partial charge in [0, 0.05) is 23.4 Å². The van der Waals surface area contributed by atoms with Crippen LogP contribution in [-0.2, 0) is 11.2 Å². The van der Waals surface area contributed by atoms with Crippen molar-refractivity contribution < 1.29 is 18.7 Å². The number of nitrogens with one attached hydrogen (secondary N) is 1. The Balaban J connectivity index is 1.36. The molecule has 5 nitrogen and oxygen atoms in total. The van der Waals surface area contributed by atoms with Gasteiger partial charge < -0.3 is 19.2 Å². The molecule has 3 heterocycles. The highest BCUT2D eigenvalue weighted by molar-refractivity contribution is 7.10. The van der Waals surface area contributed by atoms with Crippen LogP contribution in [0.5, 0.6) is 11.5 Å². The first-order valence-electron chi connectivity index (χ1n) is 9.29. The lowest BCUT2D eigenvalue weighted by Crippen LogP contribution is -2.32. The van der Waals surface area contributed by atoms with Gasteiger partial charge in [0.2, 0.25) is 0 Å². The van der Waals surface area contributed by atoms with Crippen LogP contribution in [0.3, 0.4) is 0 Å². The first-order valence-corrected chi connectivity index (χ1v) is 10.2. The number of carbonyl (C=O) groups excluding carboxylic acids is 1. The lowest BCUT2D eigenvalue weighted by molar-refractivity contribution is -0.123. The fourth-order valence-electron chi connectivity index (χ4n) is 3.43. The normalized spacial score (nSPS) is 15.5. The minimum atomic E-state index is -0.249. The van der Waals surface area contributed by atoms with Crippen LogP contribution in [-0.4, -0.2) is 24.7 Å². The van der Waals surface area contributed by atoms with Gasteiger partial charge in [-0.2, -0.15) is 0 Å². The third-order valence-electron chi connectivity index (χ3n) is 4.69. The number of thiophene rings is 1. The Morgan fingerprint density at radius 3 is 2.89 bits per heavy atom. The molecule has 0 saturated carbocycles. The zero-order valence-electron chi connectivity index (χ0n) is 15.9. The molecule has 1 aliphatic rings. The van der Waals surface area contributed by atoms with Gasteiger partial charge in [0.15, 0.2) is 18.1 Å². The van der Waals surface area contributed by atoms with E-state index in [-0.39, 0.29) is 24.0 Å². The number of rotatable bonds is 7. The fraction of sp³-hybridized carbons (Fsp3) is 0.318. The molecule has 1 N–H and O–H groups in total. The first kappa shape index (κ1) is 18.6. The molecule has 0 aliphatic carbocycles. The molecule has 1 aliphatic heterocycles. The highest BCUT2D eigenvalue weighted by atomic mass is 32.1. The number of para-hydroxylation sites is 1. The average molecular weight is 397 g/mol. The van der Waals surface area contributed by atoms with Crippen molar-refractivity contribution in [2.45, 2.75) is 31.8 Å². The topological polar surface area (TPSA) is 60.7 Å². The van der Waals surface area contributed by atoms with Crippen molar-refractivity contribution in [1.29, 1.82) is 0 Å². The van der Waals surface area contributed by atoms with Crippen LogP contribution in [0.2, 0.25) is 0 Å². The van der Waals surface area contributed by atoms with Crippen LogP contribution in [0.25, 0.3) is 0 Å². The van der Waals surface area contributed by atoms with Crippen LogP contribution >= 0.6 is 11.3 Å². The number of fused-ring (bicyclic) bond motifs is 1. The third-order valence-corrected chi connectivity index (χ3v) is 5.68. The molecule has 4 rings (SSSR count). The van der Waals surface area contributed by atoms with Crippen molar-refractivity contribution in [1.82, 2.24) is 5.32 Å². The number of hydrogen-bond donors (Lipinski definition) is 1. The van der Waals surface area contributed by atoms with Crippen LogP contribution in [0, 0.1) is 0 Å². The molecule has 1 atom stereocenters. The molecule has 0 unspecified atom stereocenters. The molecule has 0 bridgehead atoms. The van der Waals surface area contributed by atoms with Crippen molar-refractivity contribution in [3.05, 3.63) is 70.3 Å².